The highest BCUT2D eigenvalue weighted by atomic mass is 17.1. The average molecular weight is 94.9 g/mol. The van der Waals surface area contributed by atoms with Crippen molar-refractivity contribution in [2.75, 3.05) is 0 Å². The molecule has 0 spiro atoms. The van der Waals surface area contributed by atoms with Gasteiger partial charge < -0.3 is 16.2 Å². The maximum Gasteiger partial charge on any atom is 0.662 e. The summed E-state index contributed by atoms with van der Waals surface area (Å²) in [5.74, 6) is 0. The number of rotatable bonds is 1. The molecule has 0 aromatic rings. The van der Waals surface area contributed by atoms with Gasteiger partial charge in [0.25, 0.3) is 0 Å². The van der Waals surface area contributed by atoms with Crippen LogP contribution in [0.2, 0.25) is 0 Å². The van der Waals surface area contributed by atoms with Gasteiger partial charge in [0.05, 0.1) is 0 Å². The Bertz CT molecular complexity index is 21.5. The van der Waals surface area contributed by atoms with Crippen molar-refractivity contribution in [3.05, 3.63) is 0 Å². The molecular weight excluding hydrogens is 88.8 g/mol. The summed E-state index contributed by atoms with van der Waals surface area (Å²) in [6.07, 6.45) is 0. The van der Waals surface area contributed by atoms with E-state index in [4.69, 9.17) is 15.3 Å². The van der Waals surface area contributed by atoms with Crippen LogP contribution in [0.1, 0.15) is 0 Å². The van der Waals surface area contributed by atoms with Gasteiger partial charge in [-0.1, -0.05) is 0 Å². The first-order valence-electron chi connectivity index (χ1n) is 0.935. The Balaban J connectivity index is 0. The standard InChI is InChI=1S/BH3O4.H3N/c2-1(3)5-4;/h2-4H;1H3. The molecule has 0 atom stereocenters. The lowest BCUT2D eigenvalue weighted by Crippen LogP contribution is -2.13. The minimum absolute atomic E-state index is 0. The van der Waals surface area contributed by atoms with Crippen molar-refractivity contribution < 1.29 is 20.1 Å². The second-order valence-electron chi connectivity index (χ2n) is 0.432. The first-order valence-corrected chi connectivity index (χ1v) is 0.935. The molecule has 6 heavy (non-hydrogen) atoms. The molecule has 0 aliphatic carbocycles. The molecule has 0 heterocycles. The quantitative estimate of drug-likeness (QED) is 0.182. The SMILES string of the molecule is N.OOB(O)O. The molecule has 6 heteroatoms. The van der Waals surface area contributed by atoms with Gasteiger partial charge in [-0.05, 0) is 0 Å². The second-order valence-corrected chi connectivity index (χ2v) is 0.432. The van der Waals surface area contributed by atoms with E-state index in [0.29, 0.717) is 0 Å². The monoisotopic (exact) mass is 95.0 g/mol. The lowest BCUT2D eigenvalue weighted by Gasteiger charge is -1.82. The van der Waals surface area contributed by atoms with Crippen LogP contribution in [-0.2, 0) is 4.81 Å². The lowest BCUT2D eigenvalue weighted by atomic mass is 10.3. The third-order valence-electron chi connectivity index (χ3n) is 0.0943. The van der Waals surface area contributed by atoms with Crippen molar-refractivity contribution in [2.24, 2.45) is 0 Å². The van der Waals surface area contributed by atoms with E-state index in [1.165, 1.54) is 0 Å². The average Bonchev–Trinajstić information content (AvgIpc) is 1.38. The molecule has 0 unspecified atom stereocenters. The second kappa shape index (κ2) is 4.86. The Hall–Kier alpha value is -0.135. The molecule has 0 aliphatic heterocycles. The van der Waals surface area contributed by atoms with E-state index in [0.717, 1.165) is 0 Å². The Morgan fingerprint density at radius 3 is 1.50 bits per heavy atom. The summed E-state index contributed by atoms with van der Waals surface area (Å²) in [6.45, 7) is 0. The van der Waals surface area contributed by atoms with Crippen LogP contribution in [0.3, 0.4) is 0 Å². The fraction of sp³-hybridized carbons (Fsp3) is 0. The predicted molar refractivity (Wildman–Crippen MR) is 18.9 cm³/mol. The molecular formula is H6BNO4. The van der Waals surface area contributed by atoms with Gasteiger partial charge in [0.1, 0.15) is 0 Å². The summed E-state index contributed by atoms with van der Waals surface area (Å²) >= 11 is 0. The molecule has 0 bridgehead atoms. The Labute approximate surface area is 34.9 Å². The van der Waals surface area contributed by atoms with E-state index in [-0.39, 0.29) is 6.15 Å². The van der Waals surface area contributed by atoms with Crippen molar-refractivity contribution in [3.8, 4) is 0 Å². The molecule has 0 saturated carbocycles. The summed E-state index contributed by atoms with van der Waals surface area (Å²) < 4.78 is 0. The van der Waals surface area contributed by atoms with Gasteiger partial charge in [0.2, 0.25) is 0 Å². The molecule has 38 valence electrons. The normalized spacial score (nSPS) is 6.50. The molecule has 0 aromatic carbocycles. The van der Waals surface area contributed by atoms with Crippen LogP contribution in [0, 0.1) is 0 Å². The van der Waals surface area contributed by atoms with Gasteiger partial charge >= 0.3 is 7.32 Å². The van der Waals surface area contributed by atoms with E-state index in [2.05, 4.69) is 4.81 Å². The van der Waals surface area contributed by atoms with Crippen LogP contribution < -0.4 is 6.15 Å². The molecule has 0 rings (SSSR count). The van der Waals surface area contributed by atoms with E-state index in [1.54, 1.807) is 0 Å². The number of hydrogen-bond acceptors (Lipinski definition) is 5. The molecule has 0 radical (unpaired) electrons. The summed E-state index contributed by atoms with van der Waals surface area (Å²) in [6, 6.07) is 0. The third-order valence-corrected chi connectivity index (χ3v) is 0.0943. The zero-order valence-corrected chi connectivity index (χ0v) is 3.03. The third kappa shape index (κ3) is 9.12. The van der Waals surface area contributed by atoms with Crippen LogP contribution in [0.4, 0.5) is 0 Å². The van der Waals surface area contributed by atoms with Gasteiger partial charge in [-0.25, -0.2) is 4.81 Å². The van der Waals surface area contributed by atoms with E-state index in [9.17, 15) is 0 Å². The molecule has 0 amide bonds. The maximum atomic E-state index is 7.44. The van der Waals surface area contributed by atoms with Crippen LogP contribution >= 0.6 is 0 Å². The molecule has 0 aliphatic rings. The van der Waals surface area contributed by atoms with E-state index >= 15 is 0 Å². The minimum Gasteiger partial charge on any atom is -0.400 e. The summed E-state index contributed by atoms with van der Waals surface area (Å²) in [4.78, 5) is 2.86. The molecule has 0 fully saturated rings. The topological polar surface area (TPSA) is 105 Å². The lowest BCUT2D eigenvalue weighted by molar-refractivity contribution is -0.173. The largest absolute Gasteiger partial charge is 0.662 e. The summed E-state index contributed by atoms with van der Waals surface area (Å²) in [5, 5.41) is 22.0. The fourth-order valence-corrected chi connectivity index (χ4v) is 0. The summed E-state index contributed by atoms with van der Waals surface area (Å²) in [5.41, 5.74) is 0. The molecule has 0 saturated heterocycles. The van der Waals surface area contributed by atoms with Gasteiger partial charge in [-0.3, -0.25) is 5.26 Å². The van der Waals surface area contributed by atoms with Crippen molar-refractivity contribution in [1.82, 2.24) is 6.15 Å². The van der Waals surface area contributed by atoms with Gasteiger partial charge in [0.15, 0.2) is 0 Å². The highest BCUT2D eigenvalue weighted by Crippen LogP contribution is 1.58. The highest BCUT2D eigenvalue weighted by molar-refractivity contribution is 6.32. The predicted octanol–water partition coefficient (Wildman–Crippen LogP) is -1.39. The molecule has 6 N–H and O–H groups in total. The minimum atomic E-state index is -2.06. The first-order chi connectivity index (χ1) is 2.27. The zero-order chi connectivity index (χ0) is 4.28. The van der Waals surface area contributed by atoms with Gasteiger partial charge in [-0.15, -0.1) is 0 Å². The van der Waals surface area contributed by atoms with Crippen LogP contribution in [0.5, 0.6) is 0 Å². The van der Waals surface area contributed by atoms with Crippen molar-refractivity contribution in [1.29, 1.82) is 0 Å². The molecule has 0 aromatic heterocycles. The maximum absolute atomic E-state index is 7.44. The number of hydrogen-bond donors (Lipinski definition) is 4. The smallest absolute Gasteiger partial charge is 0.400 e. The van der Waals surface area contributed by atoms with E-state index in [1.807, 2.05) is 0 Å². The first kappa shape index (κ1) is 9.29. The van der Waals surface area contributed by atoms with Crippen molar-refractivity contribution in [2.45, 2.75) is 0 Å². The van der Waals surface area contributed by atoms with Gasteiger partial charge in [-0.2, -0.15) is 0 Å². The summed E-state index contributed by atoms with van der Waals surface area (Å²) in [7, 11) is -2.06. The zero-order valence-electron chi connectivity index (χ0n) is 3.03. The Kier molecular flexibility index (Phi) is 7.53. The molecule has 5 nitrogen and oxygen atoms in total. The van der Waals surface area contributed by atoms with Crippen LogP contribution in [-0.4, -0.2) is 22.6 Å². The van der Waals surface area contributed by atoms with Crippen LogP contribution in [0.25, 0.3) is 0 Å². The Morgan fingerprint density at radius 1 is 1.33 bits per heavy atom. The van der Waals surface area contributed by atoms with Crippen molar-refractivity contribution >= 4 is 7.32 Å². The fourth-order valence-electron chi connectivity index (χ4n) is 0. The van der Waals surface area contributed by atoms with Crippen LogP contribution in [0.15, 0.2) is 0 Å². The van der Waals surface area contributed by atoms with E-state index < -0.39 is 7.32 Å². The van der Waals surface area contributed by atoms with Crippen molar-refractivity contribution in [3.63, 3.8) is 0 Å². The highest BCUT2D eigenvalue weighted by Gasteiger charge is 2.03. The Morgan fingerprint density at radius 2 is 1.50 bits per heavy atom. The van der Waals surface area contributed by atoms with Gasteiger partial charge in [0, 0.05) is 0 Å².